The maximum Gasteiger partial charge on any atom is 0.397 e. The lowest BCUT2D eigenvalue weighted by molar-refractivity contribution is -0.193. The van der Waals surface area contributed by atoms with Gasteiger partial charge in [-0.25, -0.2) is 4.18 Å². The highest BCUT2D eigenvalue weighted by molar-refractivity contribution is 7.80. The molecule has 0 bridgehead atoms. The first-order valence-corrected chi connectivity index (χ1v) is 15.9. The molecule has 3 saturated carbocycles. The van der Waals surface area contributed by atoms with Gasteiger partial charge >= 0.3 is 16.4 Å². The first-order valence-electron chi connectivity index (χ1n) is 14.5. The van der Waals surface area contributed by atoms with Crippen molar-refractivity contribution in [2.24, 2.45) is 46.3 Å². The molecule has 4 aliphatic carbocycles. The van der Waals surface area contributed by atoms with Crippen molar-refractivity contribution >= 4 is 16.4 Å². The maximum atomic E-state index is 11.8. The third kappa shape index (κ3) is 4.89. The van der Waals surface area contributed by atoms with E-state index in [1.54, 1.807) is 0 Å². The van der Waals surface area contributed by atoms with Crippen LogP contribution in [0.1, 0.15) is 86.5 Å². The van der Waals surface area contributed by atoms with Crippen LogP contribution in [0.2, 0.25) is 0 Å². The standard InChI is InChI=1S/C29H46O8S/c1-15(2)13-24-25(36-24)16(3)19-9-10-20-18-7-8-22-26(37-38(32,33)34)27(35-17(4)30)23(31)14-29(22,6)21(18)11-12-28(19,20)5/h7,15-16,19-27,31H,8-14H2,1-6H3,(H,32,33,34)/t16-,19+,20-,21-,22-,23+,24+,25-,26-,27-,28+,29+/m0/s1. The van der Waals surface area contributed by atoms with Gasteiger partial charge in [0.2, 0.25) is 0 Å². The maximum absolute atomic E-state index is 11.8. The molecular weight excluding hydrogens is 508 g/mol. The molecule has 0 aromatic heterocycles. The zero-order valence-electron chi connectivity index (χ0n) is 23.6. The number of hydrogen-bond donors (Lipinski definition) is 2. The summed E-state index contributed by atoms with van der Waals surface area (Å²) in [6.07, 6.45) is 6.09. The van der Waals surface area contributed by atoms with Gasteiger partial charge in [0, 0.05) is 6.92 Å². The molecule has 216 valence electrons. The monoisotopic (exact) mass is 554 g/mol. The zero-order valence-corrected chi connectivity index (χ0v) is 24.4. The second-order valence-corrected chi connectivity index (χ2v) is 14.9. The number of carbonyl (C=O) groups is 1. The lowest BCUT2D eigenvalue weighted by atomic mass is 9.47. The lowest BCUT2D eigenvalue weighted by Gasteiger charge is -2.59. The third-order valence-electron chi connectivity index (χ3n) is 11.2. The normalized spacial score (nSPS) is 47.0. The molecule has 0 radical (unpaired) electrons. The molecule has 1 heterocycles. The molecular formula is C29H46O8S. The van der Waals surface area contributed by atoms with Crippen LogP contribution in [-0.4, -0.2) is 54.6 Å². The van der Waals surface area contributed by atoms with E-state index in [9.17, 15) is 22.9 Å². The number of hydrogen-bond acceptors (Lipinski definition) is 7. The molecule has 38 heavy (non-hydrogen) atoms. The van der Waals surface area contributed by atoms with Gasteiger partial charge in [-0.1, -0.05) is 46.3 Å². The predicted octanol–water partition coefficient (Wildman–Crippen LogP) is 4.72. The van der Waals surface area contributed by atoms with E-state index in [4.69, 9.17) is 13.7 Å². The van der Waals surface area contributed by atoms with Gasteiger partial charge in [0.25, 0.3) is 0 Å². The topological polar surface area (TPSA) is 123 Å². The molecule has 0 aromatic carbocycles. The number of fused-ring (bicyclic) bond motifs is 5. The van der Waals surface area contributed by atoms with Gasteiger partial charge in [0.05, 0.1) is 18.3 Å². The van der Waals surface area contributed by atoms with Crippen molar-refractivity contribution in [3.63, 3.8) is 0 Å². The van der Waals surface area contributed by atoms with E-state index >= 15 is 0 Å². The van der Waals surface area contributed by atoms with Gasteiger partial charge in [0.1, 0.15) is 6.10 Å². The second-order valence-electron chi connectivity index (χ2n) is 13.8. The van der Waals surface area contributed by atoms with Crippen molar-refractivity contribution in [2.75, 3.05) is 0 Å². The first kappa shape index (κ1) is 28.5. The average Bonchev–Trinajstić information content (AvgIpc) is 3.44. The summed E-state index contributed by atoms with van der Waals surface area (Å²) in [5, 5.41) is 11.1. The van der Waals surface area contributed by atoms with Crippen LogP contribution < -0.4 is 0 Å². The SMILES string of the molecule is CC(=O)O[C@@H]1[C@@H](OS(=O)(=O)O)[C@@H]2CC=C3[C@@H]4CC[C@H]([C@H](C)[C@@H]5O[C@@H]5CC(C)C)[C@@]4(C)CC[C@@H]3[C@@]2(C)C[C@H]1O. The summed E-state index contributed by atoms with van der Waals surface area (Å²) < 4.78 is 49.9. The Kier molecular flexibility index (Phi) is 7.37. The molecule has 8 nitrogen and oxygen atoms in total. The molecule has 12 atom stereocenters. The molecule has 5 rings (SSSR count). The number of aliphatic hydroxyl groups is 1. The highest BCUT2D eigenvalue weighted by Gasteiger charge is 2.63. The summed E-state index contributed by atoms with van der Waals surface area (Å²) in [7, 11) is -4.81. The first-order chi connectivity index (χ1) is 17.7. The molecule has 4 fully saturated rings. The minimum Gasteiger partial charge on any atom is -0.457 e. The highest BCUT2D eigenvalue weighted by atomic mass is 32.3. The van der Waals surface area contributed by atoms with Crippen LogP contribution in [0.3, 0.4) is 0 Å². The molecule has 0 amide bonds. The summed E-state index contributed by atoms with van der Waals surface area (Å²) >= 11 is 0. The fraction of sp³-hybridized carbons (Fsp3) is 0.897. The quantitative estimate of drug-likeness (QED) is 0.201. The molecule has 5 aliphatic rings. The summed E-state index contributed by atoms with van der Waals surface area (Å²) in [6.45, 7) is 12.7. The van der Waals surface area contributed by atoms with E-state index in [0.717, 1.165) is 25.7 Å². The van der Waals surface area contributed by atoms with Crippen molar-refractivity contribution in [1.82, 2.24) is 0 Å². The van der Waals surface area contributed by atoms with Crippen molar-refractivity contribution in [1.29, 1.82) is 0 Å². The van der Waals surface area contributed by atoms with Crippen LogP contribution in [0.4, 0.5) is 0 Å². The van der Waals surface area contributed by atoms with E-state index in [-0.39, 0.29) is 17.3 Å². The van der Waals surface area contributed by atoms with Gasteiger partial charge in [-0.3, -0.25) is 9.35 Å². The molecule has 0 unspecified atom stereocenters. The molecule has 2 N–H and O–H groups in total. The van der Waals surface area contributed by atoms with Crippen molar-refractivity contribution in [3.8, 4) is 0 Å². The Hall–Kier alpha value is -1.00. The fourth-order valence-corrected chi connectivity index (χ4v) is 10.1. The van der Waals surface area contributed by atoms with Crippen LogP contribution in [-0.2, 0) is 28.9 Å². The van der Waals surface area contributed by atoms with Gasteiger partial charge in [0.15, 0.2) is 6.10 Å². The Balaban J connectivity index is 1.41. The average molecular weight is 555 g/mol. The predicted molar refractivity (Wildman–Crippen MR) is 141 cm³/mol. The summed E-state index contributed by atoms with van der Waals surface area (Å²) in [6, 6.07) is 0. The number of esters is 1. The van der Waals surface area contributed by atoms with E-state index in [1.807, 2.05) is 0 Å². The highest BCUT2D eigenvalue weighted by Crippen LogP contribution is 2.67. The van der Waals surface area contributed by atoms with Gasteiger partial charge in [-0.05, 0) is 91.3 Å². The van der Waals surface area contributed by atoms with E-state index in [0.29, 0.717) is 48.7 Å². The largest absolute Gasteiger partial charge is 0.457 e. The number of allylic oxidation sites excluding steroid dienone is 2. The van der Waals surface area contributed by atoms with Crippen molar-refractivity contribution < 1.29 is 36.5 Å². The van der Waals surface area contributed by atoms with Crippen LogP contribution in [0.5, 0.6) is 0 Å². The van der Waals surface area contributed by atoms with E-state index in [1.165, 1.54) is 18.9 Å². The van der Waals surface area contributed by atoms with Crippen LogP contribution in [0.25, 0.3) is 0 Å². The van der Waals surface area contributed by atoms with Crippen LogP contribution in [0.15, 0.2) is 11.6 Å². The van der Waals surface area contributed by atoms with Crippen molar-refractivity contribution in [3.05, 3.63) is 11.6 Å². The fourth-order valence-electron chi connectivity index (χ4n) is 9.60. The molecule has 1 saturated heterocycles. The number of ether oxygens (including phenoxy) is 2. The summed E-state index contributed by atoms with van der Waals surface area (Å²) in [5.41, 5.74) is 1.20. The zero-order chi connectivity index (χ0) is 27.8. The molecule has 0 aromatic rings. The summed E-state index contributed by atoms with van der Waals surface area (Å²) in [4.78, 5) is 11.8. The number of carbonyl (C=O) groups excluding carboxylic acids is 1. The van der Waals surface area contributed by atoms with Crippen LogP contribution in [0, 0.1) is 46.3 Å². The van der Waals surface area contributed by atoms with Crippen molar-refractivity contribution in [2.45, 2.75) is 117 Å². The Bertz CT molecular complexity index is 1070. The Labute approximate surface area is 227 Å². The van der Waals surface area contributed by atoms with Crippen LogP contribution >= 0.6 is 0 Å². The summed E-state index contributed by atoms with van der Waals surface area (Å²) in [5.74, 6) is 1.46. The smallest absolute Gasteiger partial charge is 0.397 e. The van der Waals surface area contributed by atoms with E-state index < -0.39 is 40.1 Å². The minimum absolute atomic E-state index is 0.180. The number of aliphatic hydroxyl groups excluding tert-OH is 1. The lowest BCUT2D eigenvalue weighted by Crippen LogP contribution is -2.61. The molecule has 1 aliphatic heterocycles. The Morgan fingerprint density at radius 3 is 2.45 bits per heavy atom. The van der Waals surface area contributed by atoms with E-state index in [2.05, 4.69) is 40.7 Å². The Morgan fingerprint density at radius 1 is 1.13 bits per heavy atom. The van der Waals surface area contributed by atoms with Gasteiger partial charge in [-0.15, -0.1) is 0 Å². The third-order valence-corrected chi connectivity index (χ3v) is 11.7. The van der Waals surface area contributed by atoms with Gasteiger partial charge in [-0.2, -0.15) is 8.42 Å². The molecule has 9 heteroatoms. The number of rotatable bonds is 7. The minimum atomic E-state index is -4.81. The molecule has 0 spiro atoms. The number of epoxide rings is 1. The van der Waals surface area contributed by atoms with Gasteiger partial charge < -0.3 is 14.6 Å². The Morgan fingerprint density at radius 2 is 1.82 bits per heavy atom. The second kappa shape index (κ2) is 9.82.